The molecular formula is C22H43NO4. The minimum Gasteiger partial charge on any atom is -0.466 e. The average molecular weight is 386 g/mol. The third-order valence-corrected chi connectivity index (χ3v) is 4.84. The third-order valence-electron chi connectivity index (χ3n) is 4.84. The van der Waals surface area contributed by atoms with Crippen LogP contribution in [0.25, 0.3) is 0 Å². The van der Waals surface area contributed by atoms with Crippen LogP contribution >= 0.6 is 0 Å². The lowest BCUT2D eigenvalue weighted by Gasteiger charge is -2.17. The van der Waals surface area contributed by atoms with Gasteiger partial charge in [-0.15, -0.1) is 0 Å². The van der Waals surface area contributed by atoms with Crippen molar-refractivity contribution in [3.8, 4) is 0 Å². The van der Waals surface area contributed by atoms with Crippen molar-refractivity contribution in [2.75, 3.05) is 13.2 Å². The Balaban J connectivity index is 3.73. The minimum atomic E-state index is -0.447. The summed E-state index contributed by atoms with van der Waals surface area (Å²) in [6, 6.07) is -0.283. The van der Waals surface area contributed by atoms with Gasteiger partial charge in [0.25, 0.3) is 0 Å². The van der Waals surface area contributed by atoms with Crippen molar-refractivity contribution in [3.63, 3.8) is 0 Å². The van der Waals surface area contributed by atoms with Crippen LogP contribution < -0.4 is 5.32 Å². The van der Waals surface area contributed by atoms with Gasteiger partial charge in [0.05, 0.1) is 19.6 Å². The summed E-state index contributed by atoms with van der Waals surface area (Å²) in [6.07, 6.45) is 12.5. The van der Waals surface area contributed by atoms with Crippen LogP contribution in [0.5, 0.6) is 0 Å². The zero-order chi connectivity index (χ0) is 20.3. The van der Waals surface area contributed by atoms with Crippen molar-refractivity contribution < 1.29 is 19.1 Å². The Kier molecular flexibility index (Phi) is 17.3. The Morgan fingerprint density at radius 1 is 0.852 bits per heavy atom. The molecule has 5 heteroatoms. The average Bonchev–Trinajstić information content (AvgIpc) is 2.63. The van der Waals surface area contributed by atoms with Gasteiger partial charge in [-0.25, -0.2) is 4.79 Å². The van der Waals surface area contributed by atoms with Crippen LogP contribution in [0.2, 0.25) is 0 Å². The van der Waals surface area contributed by atoms with Crippen molar-refractivity contribution >= 4 is 12.1 Å². The van der Waals surface area contributed by atoms with Gasteiger partial charge in [-0.3, -0.25) is 4.79 Å². The second-order valence-corrected chi connectivity index (χ2v) is 7.61. The molecule has 2 unspecified atom stereocenters. The van der Waals surface area contributed by atoms with Crippen LogP contribution in [0.15, 0.2) is 0 Å². The number of rotatable bonds is 17. The molecular weight excluding hydrogens is 342 g/mol. The SMILES string of the molecule is CCCCCCCCCOC(=O)CC(C)NC(=O)OCC(CC)CCCC. The summed E-state index contributed by atoms with van der Waals surface area (Å²) in [5.41, 5.74) is 0. The summed E-state index contributed by atoms with van der Waals surface area (Å²) in [4.78, 5) is 23.7. The lowest BCUT2D eigenvalue weighted by atomic mass is 10.0. The summed E-state index contributed by atoms with van der Waals surface area (Å²) in [6.45, 7) is 9.20. The van der Waals surface area contributed by atoms with E-state index in [-0.39, 0.29) is 18.4 Å². The third kappa shape index (κ3) is 16.6. The van der Waals surface area contributed by atoms with Crippen LogP contribution in [0.3, 0.4) is 0 Å². The Morgan fingerprint density at radius 2 is 1.48 bits per heavy atom. The number of ether oxygens (including phenoxy) is 2. The number of alkyl carbamates (subject to hydrolysis) is 1. The van der Waals surface area contributed by atoms with E-state index in [1.54, 1.807) is 6.92 Å². The molecule has 1 N–H and O–H groups in total. The molecule has 5 nitrogen and oxygen atoms in total. The fraction of sp³-hybridized carbons (Fsp3) is 0.909. The first-order chi connectivity index (χ1) is 13.0. The predicted octanol–water partition coefficient (Wildman–Crippen LogP) is 6.00. The smallest absolute Gasteiger partial charge is 0.407 e. The van der Waals surface area contributed by atoms with E-state index in [2.05, 4.69) is 26.1 Å². The quantitative estimate of drug-likeness (QED) is 0.246. The van der Waals surface area contributed by atoms with Crippen LogP contribution in [0.4, 0.5) is 4.79 Å². The van der Waals surface area contributed by atoms with Crippen LogP contribution in [0, 0.1) is 5.92 Å². The van der Waals surface area contributed by atoms with E-state index < -0.39 is 6.09 Å². The van der Waals surface area contributed by atoms with Crippen molar-refractivity contribution in [2.24, 2.45) is 5.92 Å². The van der Waals surface area contributed by atoms with E-state index in [9.17, 15) is 9.59 Å². The second kappa shape index (κ2) is 18.1. The molecule has 0 rings (SSSR count). The van der Waals surface area contributed by atoms with Gasteiger partial charge in [-0.05, 0) is 25.7 Å². The second-order valence-electron chi connectivity index (χ2n) is 7.61. The topological polar surface area (TPSA) is 64.6 Å². The van der Waals surface area contributed by atoms with Gasteiger partial charge >= 0.3 is 12.1 Å². The zero-order valence-corrected chi connectivity index (χ0v) is 18.2. The maximum absolute atomic E-state index is 11.9. The molecule has 0 aromatic heterocycles. The molecule has 0 bridgehead atoms. The molecule has 0 saturated heterocycles. The summed E-state index contributed by atoms with van der Waals surface area (Å²) in [7, 11) is 0. The van der Waals surface area contributed by atoms with Gasteiger partial charge in [0.1, 0.15) is 0 Å². The number of unbranched alkanes of at least 4 members (excludes halogenated alkanes) is 7. The zero-order valence-electron chi connectivity index (χ0n) is 18.2. The number of amides is 1. The van der Waals surface area contributed by atoms with E-state index in [4.69, 9.17) is 9.47 Å². The Bertz CT molecular complexity index is 373. The molecule has 0 radical (unpaired) electrons. The van der Waals surface area contributed by atoms with Gasteiger partial charge < -0.3 is 14.8 Å². The lowest BCUT2D eigenvalue weighted by Crippen LogP contribution is -2.35. The molecule has 27 heavy (non-hydrogen) atoms. The number of hydrogen-bond acceptors (Lipinski definition) is 4. The highest BCUT2D eigenvalue weighted by Gasteiger charge is 2.15. The summed E-state index contributed by atoms with van der Waals surface area (Å²) >= 11 is 0. The fourth-order valence-electron chi connectivity index (χ4n) is 2.94. The maximum Gasteiger partial charge on any atom is 0.407 e. The van der Waals surface area contributed by atoms with Gasteiger partial charge in [-0.2, -0.15) is 0 Å². The molecule has 0 aliphatic rings. The Hall–Kier alpha value is -1.26. The number of nitrogens with one attached hydrogen (secondary N) is 1. The van der Waals surface area contributed by atoms with Crippen molar-refractivity contribution in [3.05, 3.63) is 0 Å². The summed E-state index contributed by atoms with van der Waals surface area (Å²) < 4.78 is 10.5. The van der Waals surface area contributed by atoms with Gasteiger partial charge in [0.15, 0.2) is 0 Å². The van der Waals surface area contributed by atoms with Crippen LogP contribution in [-0.2, 0) is 14.3 Å². The van der Waals surface area contributed by atoms with E-state index in [0.29, 0.717) is 19.1 Å². The maximum atomic E-state index is 11.9. The molecule has 0 spiro atoms. The lowest BCUT2D eigenvalue weighted by molar-refractivity contribution is -0.144. The fourth-order valence-corrected chi connectivity index (χ4v) is 2.94. The first-order valence-electron chi connectivity index (χ1n) is 11.1. The summed E-state index contributed by atoms with van der Waals surface area (Å²) in [5, 5.41) is 2.71. The van der Waals surface area contributed by atoms with Crippen LogP contribution in [-0.4, -0.2) is 31.3 Å². The first-order valence-corrected chi connectivity index (χ1v) is 11.1. The molecule has 1 amide bonds. The first kappa shape index (κ1) is 25.7. The largest absolute Gasteiger partial charge is 0.466 e. The highest BCUT2D eigenvalue weighted by atomic mass is 16.5. The minimum absolute atomic E-state index is 0.179. The predicted molar refractivity (Wildman–Crippen MR) is 111 cm³/mol. The van der Waals surface area contributed by atoms with E-state index in [0.717, 1.165) is 38.5 Å². The van der Waals surface area contributed by atoms with Gasteiger partial charge in [0, 0.05) is 6.04 Å². The number of hydrogen-bond donors (Lipinski definition) is 1. The summed E-state index contributed by atoms with van der Waals surface area (Å²) in [5.74, 6) is 0.154. The number of esters is 1. The van der Waals surface area contributed by atoms with Crippen molar-refractivity contribution in [1.82, 2.24) is 5.32 Å². The molecule has 0 aromatic rings. The highest BCUT2D eigenvalue weighted by molar-refractivity contribution is 5.72. The van der Waals surface area contributed by atoms with Crippen molar-refractivity contribution in [2.45, 2.75) is 111 Å². The van der Waals surface area contributed by atoms with Crippen LogP contribution in [0.1, 0.15) is 105 Å². The van der Waals surface area contributed by atoms with E-state index in [1.165, 1.54) is 32.1 Å². The molecule has 0 saturated carbocycles. The van der Waals surface area contributed by atoms with Gasteiger partial charge in [-0.1, -0.05) is 78.6 Å². The standard InChI is InChI=1S/C22H43NO4/c1-5-8-10-11-12-13-14-16-26-21(24)17-19(4)23-22(25)27-18-20(7-3)15-9-6-2/h19-20H,5-18H2,1-4H3,(H,23,25). The van der Waals surface area contributed by atoms with Crippen molar-refractivity contribution in [1.29, 1.82) is 0 Å². The molecule has 0 aliphatic carbocycles. The molecule has 0 aliphatic heterocycles. The monoisotopic (exact) mass is 385 g/mol. The molecule has 160 valence electrons. The molecule has 2 atom stereocenters. The Morgan fingerprint density at radius 3 is 2.11 bits per heavy atom. The molecule has 0 heterocycles. The molecule has 0 aromatic carbocycles. The normalized spacial score (nSPS) is 13.0. The number of carbonyl (C=O) groups excluding carboxylic acids is 2. The highest BCUT2D eigenvalue weighted by Crippen LogP contribution is 2.13. The molecule has 0 fully saturated rings. The Labute approximate surface area is 167 Å². The van der Waals surface area contributed by atoms with Gasteiger partial charge in [0.2, 0.25) is 0 Å². The van der Waals surface area contributed by atoms with E-state index in [1.807, 2.05) is 0 Å². The number of carbonyl (C=O) groups is 2. The van der Waals surface area contributed by atoms with E-state index >= 15 is 0 Å².